The minimum atomic E-state index is -0.487. The first-order valence-electron chi connectivity index (χ1n) is 38.3. The summed E-state index contributed by atoms with van der Waals surface area (Å²) in [6.07, 6.45) is 40.0. The maximum atomic E-state index is 13.7. The molecule has 0 spiro atoms. The quantitative estimate of drug-likeness (QED) is 0.134. The molecule has 16 heteroatoms. The number of Topliss-reactive ketones (excluding diaryl/α,β-unsaturated/α-hetero) is 3. The molecule has 26 atom stereocenters. The van der Waals surface area contributed by atoms with Gasteiger partial charge in [0.15, 0.2) is 17.3 Å². The zero-order valence-electron chi connectivity index (χ0n) is 61.0. The molecule has 0 bridgehead atoms. The molecule has 12 fully saturated rings. The number of fused-ring (bicyclic) bond motifs is 15. The van der Waals surface area contributed by atoms with E-state index < -0.39 is 16.8 Å². The van der Waals surface area contributed by atoms with Crippen molar-refractivity contribution in [2.75, 3.05) is 4.93 Å². The van der Waals surface area contributed by atoms with Gasteiger partial charge in [-0.05, 0) is 316 Å². The number of carbonyl (C=O) groups is 3. The lowest BCUT2D eigenvalue weighted by atomic mass is 9.44. The van der Waals surface area contributed by atoms with Crippen molar-refractivity contribution in [3.05, 3.63) is 53.9 Å². The van der Waals surface area contributed by atoms with E-state index in [1.165, 1.54) is 77.0 Å². The second-order valence-corrected chi connectivity index (χ2v) is 36.9. The van der Waals surface area contributed by atoms with Crippen LogP contribution < -0.4 is 0 Å². The van der Waals surface area contributed by atoms with Gasteiger partial charge in [-0.2, -0.15) is 31.1 Å². The molecule has 0 amide bonds. The summed E-state index contributed by atoms with van der Waals surface area (Å²) in [7, 11) is 0. The summed E-state index contributed by atoms with van der Waals surface area (Å²) in [4.78, 5) is 42.6. The molecule has 0 unspecified atom stereocenters. The summed E-state index contributed by atoms with van der Waals surface area (Å²) in [5, 5.41) is 72.2. The predicted octanol–water partition coefficient (Wildman–Crippen LogP) is 18.3. The number of hydrogen-bond acceptors (Lipinski definition) is 12. The maximum absolute atomic E-state index is 13.7. The van der Waals surface area contributed by atoms with Gasteiger partial charge in [0.25, 0.3) is 0 Å². The van der Waals surface area contributed by atoms with Crippen molar-refractivity contribution in [2.45, 2.75) is 307 Å². The van der Waals surface area contributed by atoms with E-state index in [1.807, 2.05) is 39.5 Å². The number of aliphatic hydroxyl groups is 3. The van der Waals surface area contributed by atoms with Crippen LogP contribution in [0.3, 0.4) is 0 Å². The number of hydrogen-bond donors (Lipinski definition) is 3. The highest BCUT2D eigenvalue weighted by Crippen LogP contribution is 2.72. The van der Waals surface area contributed by atoms with Gasteiger partial charge in [-0.1, -0.05) is 86.4 Å². The summed E-state index contributed by atoms with van der Waals surface area (Å²) in [6, 6.07) is 5.70. The fourth-order valence-electron chi connectivity index (χ4n) is 26.6. The largest absolute Gasteiger partial charge is 0.390 e. The topological polar surface area (TPSA) is 237 Å². The number of carbonyl (C=O) groups excluding carboxylic acids is 3. The molecule has 12 aliphatic carbocycles. The minimum Gasteiger partial charge on any atom is -0.390 e. The highest BCUT2D eigenvalue weighted by Gasteiger charge is 2.66. The summed E-state index contributed by atoms with van der Waals surface area (Å²) >= 11 is 2.15. The molecule has 12 saturated carbocycles. The van der Waals surface area contributed by atoms with E-state index in [2.05, 4.69) is 97.6 Å². The number of alkyl halides is 1. The molecule has 0 aliphatic heterocycles. The van der Waals surface area contributed by atoms with Gasteiger partial charge in [-0.3, -0.25) is 28.4 Å². The lowest BCUT2D eigenvalue weighted by Gasteiger charge is -2.61. The normalized spacial score (nSPS) is 44.2. The van der Waals surface area contributed by atoms with Gasteiger partial charge in [0.2, 0.25) is 0 Å². The summed E-state index contributed by atoms with van der Waals surface area (Å²) in [5.41, 5.74) is 1.41. The first-order valence-corrected chi connectivity index (χ1v) is 40.5. The molecule has 15 rings (SSSR count). The Morgan fingerprint density at radius 1 is 0.430 bits per heavy atom. The summed E-state index contributed by atoms with van der Waals surface area (Å²) in [6.45, 7) is 25.0. The van der Waals surface area contributed by atoms with E-state index in [0.717, 1.165) is 132 Å². The van der Waals surface area contributed by atoms with Crippen molar-refractivity contribution in [1.82, 2.24) is 29.3 Å². The molecular weight excluding hydrogens is 1360 g/mol. The zero-order valence-corrected chi connectivity index (χ0v) is 63.2. The Balaban J connectivity index is 0.000000170. The SMILES string of the molecule is C.C.C.CI.C[C@@H](C(=O)[C@H]1CC[C@H]2[C@@H]3CC[C@H]4C[C@](C)(O)CC[C@]4(C)[C@H]3CC[C@]12C)n1cc(C#N)cn1.C[C@@]1(O)CC[C@@]2(C)[C@@H](CC[C@@H]3[C@@H]2CC[C@]2(C)[C@@H](C(=O)Cn4cc(C#N)cn4)CC[C@@H]32)C1.C[C@H](C(=O)[C@H]1CC[C@H]2[C@@H]3CC[C@H]4C[C@](C)(O)CC[C@]4(C)[C@H]3CC[C@]12C)n1cc(C#N)cn1. The monoisotopic (exact) mass is 1490 g/mol. The Kier molecular flexibility index (Phi) is 23.6. The molecule has 3 N–H and O–H groups in total. The van der Waals surface area contributed by atoms with Crippen LogP contribution in [0.1, 0.15) is 301 Å². The van der Waals surface area contributed by atoms with Crippen molar-refractivity contribution in [3.8, 4) is 18.2 Å². The van der Waals surface area contributed by atoms with Crippen LogP contribution >= 0.6 is 22.6 Å². The van der Waals surface area contributed by atoms with Crippen LogP contribution in [0.2, 0.25) is 0 Å². The third-order valence-corrected chi connectivity index (χ3v) is 32.1. The third-order valence-electron chi connectivity index (χ3n) is 32.1. The molecular formula is C84H130IN9O6. The molecule has 100 heavy (non-hydrogen) atoms. The molecule has 3 aromatic heterocycles. The molecule has 3 aromatic rings. The number of nitriles is 3. The van der Waals surface area contributed by atoms with Crippen molar-refractivity contribution in [2.24, 2.45) is 121 Å². The van der Waals surface area contributed by atoms with Gasteiger partial charge in [-0.25, -0.2) is 0 Å². The third kappa shape index (κ3) is 13.9. The van der Waals surface area contributed by atoms with E-state index in [-0.39, 0.29) is 74.9 Å². The number of aromatic nitrogens is 6. The molecule has 15 nitrogen and oxygen atoms in total. The number of halogens is 1. The first kappa shape index (κ1) is 79.8. The zero-order chi connectivity index (χ0) is 69.8. The Morgan fingerprint density at radius 3 is 1.05 bits per heavy atom. The smallest absolute Gasteiger partial charge is 0.160 e. The first-order chi connectivity index (χ1) is 45.8. The fraction of sp³-hybridized carbons (Fsp3) is 0.821. The van der Waals surface area contributed by atoms with Crippen molar-refractivity contribution < 1.29 is 29.7 Å². The summed E-state index contributed by atoms with van der Waals surface area (Å²) in [5.74, 6) is 9.46. The summed E-state index contributed by atoms with van der Waals surface area (Å²) < 4.78 is 5.01. The average molecular weight is 1490 g/mol. The van der Waals surface area contributed by atoms with Gasteiger partial charge < -0.3 is 15.3 Å². The highest BCUT2D eigenvalue weighted by molar-refractivity contribution is 14.1. The van der Waals surface area contributed by atoms with Crippen LogP contribution in [-0.2, 0) is 20.9 Å². The van der Waals surface area contributed by atoms with Crippen molar-refractivity contribution >= 4 is 39.9 Å². The number of nitrogens with zero attached hydrogens (tertiary/aromatic N) is 9. The van der Waals surface area contributed by atoms with Crippen LogP contribution in [-0.4, -0.2) is 83.7 Å². The van der Waals surface area contributed by atoms with Crippen LogP contribution in [0, 0.1) is 155 Å². The van der Waals surface area contributed by atoms with Crippen LogP contribution in [0.25, 0.3) is 0 Å². The molecule has 0 aromatic carbocycles. The molecule has 554 valence electrons. The lowest BCUT2D eigenvalue weighted by molar-refractivity contribution is -0.151. The van der Waals surface area contributed by atoms with Crippen LogP contribution in [0.5, 0.6) is 0 Å². The fourth-order valence-corrected chi connectivity index (χ4v) is 26.6. The Hall–Kier alpha value is -4.28. The van der Waals surface area contributed by atoms with Gasteiger partial charge in [-0.15, -0.1) is 0 Å². The van der Waals surface area contributed by atoms with E-state index in [0.29, 0.717) is 85.8 Å². The lowest BCUT2D eigenvalue weighted by Crippen LogP contribution is -2.55. The van der Waals surface area contributed by atoms with Crippen LogP contribution in [0.4, 0.5) is 0 Å². The second kappa shape index (κ2) is 29.6. The van der Waals surface area contributed by atoms with E-state index in [4.69, 9.17) is 15.8 Å². The standard InChI is InChI=1S/2C27H39N3O2.C26H37N3O2.CH3I.3CH4/c2*1-17(30-16-18(14-28)15-29-30)24(31)23-8-7-21-20-6-5-19-13-25(2,32)11-12-26(19,3)22(20)9-10-27(21,23)4;1-24(31)10-11-25(2)18(12-24)4-5-19-20-6-7-22(26(20,3)9-8-21(19)25)23(30)16-29-15-17(13-27)14-28-29;1-2;;;/h2*15-17,19-23,32H,5-13H2,1-4H3;14-15,18-22,31H,4-12,16H2,1-3H3;1H3;3*1H4/t17-,19+,20+,21+,22+,23-,25-,26+,27+;17-,19-,20-,21-,22-,23+,25+,26-,27-;18-,19-,20-,21-,22+,24+,25-,26-;;;;/m100..../s1. The minimum absolute atomic E-state index is 0. The number of rotatable bonds is 9. The Bertz CT molecular complexity index is 3380. The van der Waals surface area contributed by atoms with E-state index in [9.17, 15) is 29.7 Å². The van der Waals surface area contributed by atoms with Gasteiger partial charge in [0.05, 0.1) is 58.6 Å². The Morgan fingerprint density at radius 2 is 0.730 bits per heavy atom. The van der Waals surface area contributed by atoms with Crippen molar-refractivity contribution in [3.63, 3.8) is 0 Å². The van der Waals surface area contributed by atoms with Gasteiger partial charge in [0, 0.05) is 36.3 Å². The van der Waals surface area contributed by atoms with Gasteiger partial charge in [0.1, 0.15) is 30.3 Å². The van der Waals surface area contributed by atoms with Crippen LogP contribution in [0.15, 0.2) is 37.2 Å². The second-order valence-electron chi connectivity index (χ2n) is 36.9. The maximum Gasteiger partial charge on any atom is 0.160 e. The molecule has 12 aliphatic rings. The molecule has 0 radical (unpaired) electrons. The average Bonchev–Trinajstić information content (AvgIpc) is 1.33. The Labute approximate surface area is 616 Å². The highest BCUT2D eigenvalue weighted by atomic mass is 127. The number of ketones is 3. The van der Waals surface area contributed by atoms with E-state index in [1.54, 1.807) is 51.2 Å². The van der Waals surface area contributed by atoms with Crippen molar-refractivity contribution in [1.29, 1.82) is 15.8 Å². The van der Waals surface area contributed by atoms with E-state index >= 15 is 0 Å². The molecule has 0 saturated heterocycles. The predicted molar refractivity (Wildman–Crippen MR) is 403 cm³/mol. The van der Waals surface area contributed by atoms with Gasteiger partial charge >= 0.3 is 0 Å². The molecule has 3 heterocycles.